The number of methoxy groups -OCH3 is 1. The van der Waals surface area contributed by atoms with Gasteiger partial charge in [-0.05, 0) is 25.6 Å². The first-order valence-electron chi connectivity index (χ1n) is 6.86. The number of hydrogen-bond donors (Lipinski definition) is 2. The predicted molar refractivity (Wildman–Crippen MR) is 78.8 cm³/mol. The number of carboxylic acid groups (broad SMARTS) is 1. The minimum Gasteiger partial charge on any atom is -0.493 e. The third-order valence-electron chi connectivity index (χ3n) is 3.20. The van der Waals surface area contributed by atoms with Crippen molar-refractivity contribution in [2.45, 2.75) is 25.5 Å². The Morgan fingerprint density at radius 2 is 1.95 bits per heavy atom. The number of carbonyl (C=O) groups is 1. The molecular formula is C15H23NO5. The number of benzene rings is 1. The van der Waals surface area contributed by atoms with Crippen molar-refractivity contribution in [2.75, 3.05) is 27.3 Å². The van der Waals surface area contributed by atoms with E-state index in [4.69, 9.17) is 14.6 Å². The Kier molecular flexibility index (Phi) is 6.98. The van der Waals surface area contributed by atoms with Crippen molar-refractivity contribution in [3.8, 4) is 11.5 Å². The third-order valence-corrected chi connectivity index (χ3v) is 3.20. The van der Waals surface area contributed by atoms with Crippen molar-refractivity contribution < 1.29 is 24.5 Å². The van der Waals surface area contributed by atoms with E-state index in [1.807, 2.05) is 12.1 Å². The average molecular weight is 297 g/mol. The molecule has 1 unspecified atom stereocenters. The highest BCUT2D eigenvalue weighted by atomic mass is 16.5. The molecule has 2 N–H and O–H groups in total. The van der Waals surface area contributed by atoms with Gasteiger partial charge in [-0.2, -0.15) is 0 Å². The molecule has 6 heteroatoms. The molecule has 6 nitrogen and oxygen atoms in total. The Bertz CT molecular complexity index is 451. The SMILES string of the molecule is CC[C@H](C(=O)O)N(C)CC(O)COc1ccccc1OC. The van der Waals surface area contributed by atoms with Crippen LogP contribution in [0.15, 0.2) is 24.3 Å². The van der Waals surface area contributed by atoms with Crippen molar-refractivity contribution in [1.82, 2.24) is 4.90 Å². The minimum atomic E-state index is -0.891. The second-order valence-corrected chi connectivity index (χ2v) is 4.82. The Morgan fingerprint density at radius 1 is 1.33 bits per heavy atom. The number of ether oxygens (including phenoxy) is 2. The molecule has 0 amide bonds. The van der Waals surface area contributed by atoms with Crippen LogP contribution in [0.5, 0.6) is 11.5 Å². The van der Waals surface area contributed by atoms with Crippen molar-refractivity contribution in [2.24, 2.45) is 0 Å². The summed E-state index contributed by atoms with van der Waals surface area (Å²) >= 11 is 0. The van der Waals surface area contributed by atoms with E-state index in [9.17, 15) is 9.90 Å². The van der Waals surface area contributed by atoms with Gasteiger partial charge in [-0.15, -0.1) is 0 Å². The Labute approximate surface area is 124 Å². The van der Waals surface area contributed by atoms with Gasteiger partial charge in [0.2, 0.25) is 0 Å². The molecule has 1 rings (SSSR count). The van der Waals surface area contributed by atoms with Gasteiger partial charge in [0.15, 0.2) is 11.5 Å². The fraction of sp³-hybridized carbons (Fsp3) is 0.533. The largest absolute Gasteiger partial charge is 0.493 e. The number of carboxylic acids is 1. The lowest BCUT2D eigenvalue weighted by molar-refractivity contribution is -0.143. The van der Waals surface area contributed by atoms with Crippen LogP contribution >= 0.6 is 0 Å². The summed E-state index contributed by atoms with van der Waals surface area (Å²) < 4.78 is 10.7. The summed E-state index contributed by atoms with van der Waals surface area (Å²) in [7, 11) is 3.22. The summed E-state index contributed by atoms with van der Waals surface area (Å²) in [6, 6.07) is 6.56. The highest BCUT2D eigenvalue weighted by molar-refractivity contribution is 5.73. The molecule has 0 fully saturated rings. The minimum absolute atomic E-state index is 0.0702. The molecule has 118 valence electrons. The lowest BCUT2D eigenvalue weighted by Gasteiger charge is -2.26. The maximum absolute atomic E-state index is 11.0. The zero-order valence-electron chi connectivity index (χ0n) is 12.7. The summed E-state index contributed by atoms with van der Waals surface area (Å²) in [5.41, 5.74) is 0. The summed E-state index contributed by atoms with van der Waals surface area (Å²) in [5.74, 6) is 0.250. The number of likely N-dealkylation sites (N-methyl/N-ethyl adjacent to an activating group) is 1. The maximum Gasteiger partial charge on any atom is 0.320 e. The molecule has 21 heavy (non-hydrogen) atoms. The normalized spacial score (nSPS) is 13.8. The van der Waals surface area contributed by atoms with Crippen LogP contribution in [0, 0.1) is 0 Å². The second-order valence-electron chi connectivity index (χ2n) is 4.82. The lowest BCUT2D eigenvalue weighted by atomic mass is 10.2. The monoisotopic (exact) mass is 297 g/mol. The highest BCUT2D eigenvalue weighted by Crippen LogP contribution is 2.25. The molecule has 0 spiro atoms. The van der Waals surface area contributed by atoms with E-state index in [1.165, 1.54) is 0 Å². The first kappa shape index (κ1) is 17.3. The zero-order valence-corrected chi connectivity index (χ0v) is 12.7. The van der Waals surface area contributed by atoms with Gasteiger partial charge in [0.1, 0.15) is 18.8 Å². The van der Waals surface area contributed by atoms with Crippen LogP contribution in [0.1, 0.15) is 13.3 Å². The predicted octanol–water partition coefficient (Wildman–Crippen LogP) is 1.23. The van der Waals surface area contributed by atoms with Crippen LogP contribution in [0.2, 0.25) is 0 Å². The van der Waals surface area contributed by atoms with Gasteiger partial charge in [0.05, 0.1) is 7.11 Å². The van der Waals surface area contributed by atoms with E-state index in [1.54, 1.807) is 38.1 Å². The molecule has 0 aliphatic heterocycles. The molecule has 0 aliphatic rings. The molecule has 1 aromatic carbocycles. The number of hydrogen-bond acceptors (Lipinski definition) is 5. The van der Waals surface area contributed by atoms with Crippen molar-refractivity contribution in [1.29, 1.82) is 0 Å². The van der Waals surface area contributed by atoms with E-state index in [0.29, 0.717) is 17.9 Å². The molecule has 0 saturated carbocycles. The van der Waals surface area contributed by atoms with Crippen molar-refractivity contribution in [3.63, 3.8) is 0 Å². The van der Waals surface area contributed by atoms with Gasteiger partial charge in [-0.3, -0.25) is 9.69 Å². The van der Waals surface area contributed by atoms with Crippen molar-refractivity contribution >= 4 is 5.97 Å². The Hall–Kier alpha value is -1.79. The molecule has 1 aromatic rings. The van der Waals surface area contributed by atoms with E-state index >= 15 is 0 Å². The second kappa shape index (κ2) is 8.49. The standard InChI is InChI=1S/C15H23NO5/c1-4-12(15(18)19)16(2)9-11(17)10-21-14-8-6-5-7-13(14)20-3/h5-8,11-12,17H,4,9-10H2,1-3H3,(H,18,19)/t11?,12-/m1/s1. The first-order valence-corrected chi connectivity index (χ1v) is 6.86. The Balaban J connectivity index is 2.50. The Morgan fingerprint density at radius 3 is 2.48 bits per heavy atom. The molecule has 0 bridgehead atoms. The number of para-hydroxylation sites is 2. The van der Waals surface area contributed by atoms with Gasteiger partial charge in [0.25, 0.3) is 0 Å². The third kappa shape index (κ3) is 5.24. The number of rotatable bonds is 9. The van der Waals surface area contributed by atoms with E-state index in [-0.39, 0.29) is 13.2 Å². The van der Waals surface area contributed by atoms with Crippen LogP contribution in [-0.2, 0) is 4.79 Å². The maximum atomic E-state index is 11.0. The van der Waals surface area contributed by atoms with Crippen LogP contribution in [0.25, 0.3) is 0 Å². The molecular weight excluding hydrogens is 274 g/mol. The molecule has 0 heterocycles. The van der Waals surface area contributed by atoms with Crippen LogP contribution in [0.3, 0.4) is 0 Å². The van der Waals surface area contributed by atoms with Gasteiger partial charge >= 0.3 is 5.97 Å². The van der Waals surface area contributed by atoms with E-state index < -0.39 is 18.1 Å². The summed E-state index contributed by atoms with van der Waals surface area (Å²) in [4.78, 5) is 12.7. The van der Waals surface area contributed by atoms with Gasteiger partial charge in [-0.1, -0.05) is 19.1 Å². The molecule has 0 radical (unpaired) electrons. The molecule has 0 aliphatic carbocycles. The van der Waals surface area contributed by atoms with Crippen LogP contribution < -0.4 is 9.47 Å². The number of nitrogens with zero attached hydrogens (tertiary/aromatic N) is 1. The van der Waals surface area contributed by atoms with Gasteiger partial charge in [-0.25, -0.2) is 0 Å². The van der Waals surface area contributed by atoms with Crippen LogP contribution in [-0.4, -0.2) is 60.5 Å². The summed E-state index contributed by atoms with van der Waals surface area (Å²) in [6.45, 7) is 2.09. The van der Waals surface area contributed by atoms with Crippen molar-refractivity contribution in [3.05, 3.63) is 24.3 Å². The van der Waals surface area contributed by atoms with Crippen LogP contribution in [0.4, 0.5) is 0 Å². The van der Waals surface area contributed by atoms with Gasteiger partial charge < -0.3 is 19.7 Å². The number of aliphatic carboxylic acids is 1. The zero-order chi connectivity index (χ0) is 15.8. The summed E-state index contributed by atoms with van der Waals surface area (Å²) in [5, 5.41) is 19.0. The number of aliphatic hydroxyl groups excluding tert-OH is 1. The molecule has 0 aromatic heterocycles. The smallest absolute Gasteiger partial charge is 0.320 e. The fourth-order valence-corrected chi connectivity index (χ4v) is 2.11. The van der Waals surface area contributed by atoms with E-state index in [0.717, 1.165) is 0 Å². The number of aliphatic hydroxyl groups is 1. The van der Waals surface area contributed by atoms with E-state index in [2.05, 4.69) is 0 Å². The lowest BCUT2D eigenvalue weighted by Crippen LogP contribution is -2.43. The summed E-state index contributed by atoms with van der Waals surface area (Å²) in [6.07, 6.45) is -0.306. The molecule has 2 atom stereocenters. The fourth-order valence-electron chi connectivity index (χ4n) is 2.11. The first-order chi connectivity index (χ1) is 9.99. The topological polar surface area (TPSA) is 79.2 Å². The highest BCUT2D eigenvalue weighted by Gasteiger charge is 2.22. The average Bonchev–Trinajstić information content (AvgIpc) is 2.45. The quantitative estimate of drug-likeness (QED) is 0.714. The molecule has 0 saturated heterocycles. The van der Waals surface area contributed by atoms with Gasteiger partial charge in [0, 0.05) is 6.54 Å².